The van der Waals surface area contributed by atoms with Gasteiger partial charge in [-0.3, -0.25) is 24.6 Å². The molecule has 0 bridgehead atoms. The Hall–Kier alpha value is -2.79. The van der Waals surface area contributed by atoms with E-state index in [1.165, 1.54) is 17.1 Å². The van der Waals surface area contributed by atoms with Crippen molar-refractivity contribution < 1.29 is 42.3 Å². The number of aliphatic carboxylic acids is 1. The number of fused-ring (bicyclic) bond motifs is 1. The molecule has 2 saturated heterocycles. The highest BCUT2D eigenvalue weighted by Gasteiger charge is 2.54. The number of nitrogens with zero attached hydrogens (tertiary/aromatic N) is 3. The number of thiazole rings is 1. The van der Waals surface area contributed by atoms with Crippen molar-refractivity contribution in [3.63, 3.8) is 0 Å². The third-order valence-corrected chi connectivity index (χ3v) is 8.39. The van der Waals surface area contributed by atoms with Crippen LogP contribution in [0.2, 0.25) is 0 Å². The third kappa shape index (κ3) is 5.11. The lowest BCUT2D eigenvalue weighted by Crippen LogP contribution is -2.71. The quantitative estimate of drug-likeness (QED) is 0.258. The second-order valence-corrected chi connectivity index (χ2v) is 10.5. The molecule has 11 nitrogen and oxygen atoms in total. The number of rotatable bonds is 7. The van der Waals surface area contributed by atoms with Crippen LogP contribution in [0.1, 0.15) is 12.6 Å². The number of carboxylic acids is 1. The van der Waals surface area contributed by atoms with Gasteiger partial charge in [-0.2, -0.15) is 24.9 Å². The number of alkyl halides is 3. The van der Waals surface area contributed by atoms with Gasteiger partial charge in [-0.05, 0) is 12.5 Å². The molecular formula is C18H16F3N5O6S3. The fraction of sp³-hybridized carbons (Fsp3) is 0.444. The average molecular weight is 552 g/mol. The van der Waals surface area contributed by atoms with Crippen molar-refractivity contribution in [3.8, 4) is 0 Å². The molecule has 3 aliphatic rings. The molecule has 17 heteroatoms. The van der Waals surface area contributed by atoms with Crippen LogP contribution in [0, 0.1) is 0 Å². The van der Waals surface area contributed by atoms with Gasteiger partial charge < -0.3 is 15.3 Å². The van der Waals surface area contributed by atoms with Crippen molar-refractivity contribution in [1.29, 1.82) is 0 Å². The zero-order chi connectivity index (χ0) is 25.5. The molecule has 2 fully saturated rings. The predicted octanol–water partition coefficient (Wildman–Crippen LogP) is 1.24. The Bertz CT molecular complexity index is 1150. The number of carbonyl (C=O) groups excluding carboxylic acids is 3. The van der Waals surface area contributed by atoms with E-state index < -0.39 is 52.1 Å². The van der Waals surface area contributed by atoms with E-state index in [4.69, 9.17) is 4.84 Å². The number of thioether (sulfide) groups is 2. The van der Waals surface area contributed by atoms with Gasteiger partial charge in [0.15, 0.2) is 10.8 Å². The summed E-state index contributed by atoms with van der Waals surface area (Å²) in [5.41, 5.74) is -0.183. The molecule has 0 saturated carbocycles. The molecule has 4 rings (SSSR count). The first-order valence-corrected chi connectivity index (χ1v) is 12.9. The summed E-state index contributed by atoms with van der Waals surface area (Å²) < 4.78 is 37.6. The molecule has 0 aliphatic carbocycles. The number of halogens is 3. The van der Waals surface area contributed by atoms with Crippen LogP contribution in [0.3, 0.4) is 0 Å². The predicted molar refractivity (Wildman–Crippen MR) is 121 cm³/mol. The summed E-state index contributed by atoms with van der Waals surface area (Å²) >= 11 is 3.50. The zero-order valence-electron chi connectivity index (χ0n) is 17.6. The Labute approximate surface area is 207 Å². The van der Waals surface area contributed by atoms with Crippen molar-refractivity contribution in [2.75, 3.05) is 22.6 Å². The fourth-order valence-electron chi connectivity index (χ4n) is 3.20. The van der Waals surface area contributed by atoms with Gasteiger partial charge in [-0.15, -0.1) is 23.1 Å². The minimum atomic E-state index is -5.12. The highest BCUT2D eigenvalue weighted by molar-refractivity contribution is 8.00. The molecular weight excluding hydrogens is 535 g/mol. The number of carbonyl (C=O) groups is 4. The van der Waals surface area contributed by atoms with Crippen molar-refractivity contribution in [2.24, 2.45) is 5.16 Å². The standard InChI is InChI=1S/C18H16F3N5O6S3/c1-6-2-34-14-10(13(28)26(14)11(6)15(29)30)23-12(27)9(25-32-7-3-33-4-7)8-5-35-17(22-8)24-16(31)18(19,20)21/h5,7,10,14H,2-4H2,1H3,(H,23,27)(H,29,30)(H,22,24,31)/t10?,14-/m0/s1. The molecule has 188 valence electrons. The number of anilines is 1. The monoisotopic (exact) mass is 551 g/mol. The van der Waals surface area contributed by atoms with Gasteiger partial charge in [0.05, 0.1) is 0 Å². The molecule has 35 heavy (non-hydrogen) atoms. The van der Waals surface area contributed by atoms with E-state index in [9.17, 15) is 37.5 Å². The van der Waals surface area contributed by atoms with Crippen LogP contribution >= 0.6 is 34.9 Å². The molecule has 3 N–H and O–H groups in total. The third-order valence-electron chi connectivity index (χ3n) is 4.99. The number of β-lactam (4-membered cyclic amide) rings is 1. The molecule has 0 spiro atoms. The Morgan fingerprint density at radius 1 is 1.31 bits per heavy atom. The van der Waals surface area contributed by atoms with Crippen LogP contribution in [-0.4, -0.2) is 85.3 Å². The molecule has 0 aromatic carbocycles. The van der Waals surface area contributed by atoms with Crippen molar-refractivity contribution in [2.45, 2.75) is 30.6 Å². The van der Waals surface area contributed by atoms with Gasteiger partial charge in [0, 0.05) is 22.6 Å². The second kappa shape index (κ2) is 9.69. The smallest absolute Gasteiger partial charge is 0.471 e. The highest BCUT2D eigenvalue weighted by atomic mass is 32.2. The van der Waals surface area contributed by atoms with Crippen LogP contribution in [0.4, 0.5) is 18.3 Å². The maximum absolute atomic E-state index is 13.0. The molecule has 1 aromatic rings. The van der Waals surface area contributed by atoms with E-state index in [0.717, 1.165) is 4.90 Å². The van der Waals surface area contributed by atoms with Gasteiger partial charge in [-0.25, -0.2) is 9.78 Å². The van der Waals surface area contributed by atoms with Gasteiger partial charge in [0.25, 0.3) is 11.8 Å². The minimum absolute atomic E-state index is 0.131. The summed E-state index contributed by atoms with van der Waals surface area (Å²) in [4.78, 5) is 58.6. The van der Waals surface area contributed by atoms with E-state index in [0.29, 0.717) is 34.2 Å². The van der Waals surface area contributed by atoms with Gasteiger partial charge >= 0.3 is 18.1 Å². The lowest BCUT2D eigenvalue weighted by Gasteiger charge is -2.49. The lowest BCUT2D eigenvalue weighted by molar-refractivity contribution is -0.167. The van der Waals surface area contributed by atoms with Crippen LogP contribution < -0.4 is 10.6 Å². The summed E-state index contributed by atoms with van der Waals surface area (Å²) in [7, 11) is 0. The van der Waals surface area contributed by atoms with Crippen LogP contribution in [-0.2, 0) is 24.0 Å². The summed E-state index contributed by atoms with van der Waals surface area (Å²) in [5.74, 6) is -3.40. The van der Waals surface area contributed by atoms with Gasteiger partial charge in [0.1, 0.15) is 28.9 Å². The molecule has 3 amide bonds. The average Bonchev–Trinajstić information content (AvgIpc) is 3.20. The number of nitrogens with one attached hydrogen (secondary N) is 2. The summed E-state index contributed by atoms with van der Waals surface area (Å²) in [6.07, 6.45) is -5.40. The van der Waals surface area contributed by atoms with Gasteiger partial charge in [-0.1, -0.05) is 5.16 Å². The van der Waals surface area contributed by atoms with Crippen LogP contribution in [0.25, 0.3) is 0 Å². The number of aromatic nitrogens is 1. The first-order chi connectivity index (χ1) is 16.5. The molecule has 2 atom stereocenters. The lowest BCUT2D eigenvalue weighted by atomic mass is 10.0. The van der Waals surface area contributed by atoms with Crippen molar-refractivity contribution in [1.82, 2.24) is 15.2 Å². The summed E-state index contributed by atoms with van der Waals surface area (Å²) in [6, 6.07) is -1.05. The van der Waals surface area contributed by atoms with Crippen molar-refractivity contribution in [3.05, 3.63) is 22.3 Å². The summed E-state index contributed by atoms with van der Waals surface area (Å²) in [6.45, 7) is 1.60. The second-order valence-electron chi connectivity index (χ2n) is 7.49. The first-order valence-electron chi connectivity index (χ1n) is 9.81. The van der Waals surface area contributed by atoms with Crippen LogP contribution in [0.5, 0.6) is 0 Å². The zero-order valence-corrected chi connectivity index (χ0v) is 20.1. The van der Waals surface area contributed by atoms with E-state index in [1.807, 2.05) is 0 Å². The van der Waals surface area contributed by atoms with E-state index in [1.54, 1.807) is 24.0 Å². The SMILES string of the molecule is CC1=C(C(=O)O)N2C(=O)C(NC(=O)C(=NOC3CSC3)c3csc(NC(=O)C(F)(F)F)n3)[C@@H]2SC1. The fourth-order valence-corrected chi connectivity index (χ4v) is 5.73. The number of carboxylic acid groups (broad SMARTS) is 1. The number of oxime groups is 1. The van der Waals surface area contributed by atoms with E-state index >= 15 is 0 Å². The molecule has 1 unspecified atom stereocenters. The number of amides is 3. The Morgan fingerprint density at radius 2 is 2.03 bits per heavy atom. The largest absolute Gasteiger partial charge is 0.477 e. The Morgan fingerprint density at radius 3 is 2.63 bits per heavy atom. The molecule has 4 heterocycles. The number of hydrogen-bond acceptors (Lipinski definition) is 10. The number of hydrogen-bond donors (Lipinski definition) is 3. The normalized spacial score (nSPS) is 22.7. The Balaban J connectivity index is 1.51. The van der Waals surface area contributed by atoms with Gasteiger partial charge in [0.2, 0.25) is 0 Å². The molecule has 0 radical (unpaired) electrons. The molecule has 1 aromatic heterocycles. The maximum atomic E-state index is 13.0. The summed E-state index contributed by atoms with van der Waals surface area (Å²) in [5, 5.41) is 17.5. The van der Waals surface area contributed by atoms with Crippen LogP contribution in [0.15, 0.2) is 21.8 Å². The highest BCUT2D eigenvalue weighted by Crippen LogP contribution is 2.40. The topological polar surface area (TPSA) is 150 Å². The first kappa shape index (κ1) is 25.3. The Kier molecular flexibility index (Phi) is 7.01. The minimum Gasteiger partial charge on any atom is -0.477 e. The molecule has 3 aliphatic heterocycles. The van der Waals surface area contributed by atoms with E-state index in [-0.39, 0.29) is 17.5 Å². The van der Waals surface area contributed by atoms with Crippen molar-refractivity contribution >= 4 is 69.4 Å². The maximum Gasteiger partial charge on any atom is 0.471 e. The van der Waals surface area contributed by atoms with E-state index in [2.05, 4.69) is 15.5 Å².